The van der Waals surface area contributed by atoms with E-state index >= 15 is 0 Å². The fourth-order valence-corrected chi connectivity index (χ4v) is 0.985. The van der Waals surface area contributed by atoms with E-state index in [4.69, 9.17) is 16.7 Å². The van der Waals surface area contributed by atoms with Crippen LogP contribution in [-0.2, 0) is 0 Å². The van der Waals surface area contributed by atoms with Crippen molar-refractivity contribution in [3.8, 4) is 0 Å². The highest BCUT2D eigenvalue weighted by molar-refractivity contribution is 6.33. The van der Waals surface area contributed by atoms with Crippen molar-refractivity contribution in [3.05, 3.63) is 23.5 Å². The lowest BCUT2D eigenvalue weighted by atomic mass is 10.3. The lowest BCUT2D eigenvalue weighted by Crippen LogP contribution is -2.31. The van der Waals surface area contributed by atoms with Gasteiger partial charge in [-0.25, -0.2) is 8.78 Å². The Morgan fingerprint density at radius 3 is 2.86 bits per heavy atom. The zero-order valence-electron chi connectivity index (χ0n) is 7.17. The molecule has 2 N–H and O–H groups in total. The minimum atomic E-state index is -3.15. The number of aliphatic hydroxyl groups is 1. The molecule has 0 bridgehead atoms. The van der Waals surface area contributed by atoms with Crippen LogP contribution < -0.4 is 5.32 Å². The summed E-state index contributed by atoms with van der Waals surface area (Å²) in [5.74, 6) is -3.15. The topological polar surface area (TPSA) is 45.1 Å². The molecule has 14 heavy (non-hydrogen) atoms. The molecule has 0 saturated heterocycles. The van der Waals surface area contributed by atoms with Crippen molar-refractivity contribution in [2.45, 2.75) is 5.92 Å². The van der Waals surface area contributed by atoms with Gasteiger partial charge in [0.05, 0.1) is 17.3 Å². The molecule has 3 nitrogen and oxygen atoms in total. The minimum Gasteiger partial charge on any atom is -0.390 e. The number of hydrogen-bond donors (Lipinski definition) is 2. The van der Waals surface area contributed by atoms with E-state index in [1.165, 1.54) is 18.5 Å². The lowest BCUT2D eigenvalue weighted by Gasteiger charge is -2.15. The van der Waals surface area contributed by atoms with Gasteiger partial charge in [-0.05, 0) is 6.07 Å². The number of nitrogens with one attached hydrogen (secondary N) is 1. The summed E-state index contributed by atoms with van der Waals surface area (Å²) >= 11 is 5.66. The van der Waals surface area contributed by atoms with Crippen molar-refractivity contribution in [1.29, 1.82) is 0 Å². The normalized spacial score (nSPS) is 11.4. The van der Waals surface area contributed by atoms with Crippen LogP contribution in [0.15, 0.2) is 18.5 Å². The summed E-state index contributed by atoms with van der Waals surface area (Å²) in [7, 11) is 0. The molecule has 1 rings (SSSR count). The van der Waals surface area contributed by atoms with Gasteiger partial charge in [-0.1, -0.05) is 11.6 Å². The number of halogens is 3. The van der Waals surface area contributed by atoms with Gasteiger partial charge in [-0.15, -0.1) is 0 Å². The molecule has 0 aliphatic carbocycles. The monoisotopic (exact) mass is 222 g/mol. The van der Waals surface area contributed by atoms with Crippen molar-refractivity contribution in [3.63, 3.8) is 0 Å². The van der Waals surface area contributed by atoms with Crippen molar-refractivity contribution in [2.24, 2.45) is 0 Å². The third-order valence-corrected chi connectivity index (χ3v) is 1.84. The summed E-state index contributed by atoms with van der Waals surface area (Å²) in [6.07, 6.45) is 2.78. The minimum absolute atomic E-state index is 0.265. The maximum absolute atomic E-state index is 12.6. The number of pyridine rings is 1. The summed E-state index contributed by atoms with van der Waals surface area (Å²) in [6.45, 7) is -1.85. The molecule has 1 aromatic rings. The Balaban J connectivity index is 2.58. The molecule has 0 aromatic carbocycles. The van der Waals surface area contributed by atoms with Crippen LogP contribution in [0.2, 0.25) is 5.02 Å². The first-order chi connectivity index (χ1) is 6.55. The van der Waals surface area contributed by atoms with E-state index in [2.05, 4.69) is 10.3 Å². The third kappa shape index (κ3) is 3.08. The Bertz CT molecular complexity index is 309. The molecule has 0 radical (unpaired) electrons. The third-order valence-electron chi connectivity index (χ3n) is 1.54. The smallest absolute Gasteiger partial charge is 0.287 e. The Morgan fingerprint density at radius 2 is 2.29 bits per heavy atom. The van der Waals surface area contributed by atoms with Gasteiger partial charge < -0.3 is 10.4 Å². The predicted molar refractivity (Wildman–Crippen MR) is 49.8 cm³/mol. The highest BCUT2D eigenvalue weighted by atomic mass is 35.5. The summed E-state index contributed by atoms with van der Waals surface area (Å²) in [6, 6.07) is 1.48. The lowest BCUT2D eigenvalue weighted by molar-refractivity contribution is -0.0372. The average molecular weight is 223 g/mol. The number of hydrogen-bond acceptors (Lipinski definition) is 3. The first-order valence-electron chi connectivity index (χ1n) is 3.87. The van der Waals surface area contributed by atoms with Gasteiger partial charge in [0.25, 0.3) is 5.92 Å². The first kappa shape index (κ1) is 11.1. The van der Waals surface area contributed by atoms with Gasteiger partial charge in [-0.3, -0.25) is 4.98 Å². The molecule has 0 fully saturated rings. The Labute approximate surface area is 84.7 Å². The van der Waals surface area contributed by atoms with Crippen LogP contribution in [0.5, 0.6) is 0 Å². The second-order valence-corrected chi connectivity index (χ2v) is 3.13. The zero-order chi connectivity index (χ0) is 10.6. The van der Waals surface area contributed by atoms with Gasteiger partial charge in [0.2, 0.25) is 0 Å². The quantitative estimate of drug-likeness (QED) is 0.816. The van der Waals surface area contributed by atoms with Crippen LogP contribution >= 0.6 is 11.6 Å². The van der Waals surface area contributed by atoms with E-state index in [-0.39, 0.29) is 5.02 Å². The standard InChI is InChI=1S/C8H9ClF2N2O/c9-6-3-12-2-1-7(6)13-4-8(10,11)5-14/h1-3,14H,4-5H2,(H,12,13). The van der Waals surface area contributed by atoms with Crippen LogP contribution in [0.25, 0.3) is 0 Å². The van der Waals surface area contributed by atoms with E-state index in [1.54, 1.807) is 0 Å². The van der Waals surface area contributed by atoms with E-state index in [9.17, 15) is 8.78 Å². The second kappa shape index (κ2) is 4.52. The molecule has 0 amide bonds. The molecule has 0 unspecified atom stereocenters. The number of aromatic nitrogens is 1. The maximum atomic E-state index is 12.6. The molecule has 1 aromatic heterocycles. The molecule has 1 heterocycles. The Hall–Kier alpha value is -0.940. The molecule has 78 valence electrons. The Kier molecular flexibility index (Phi) is 3.60. The molecule has 0 atom stereocenters. The van der Waals surface area contributed by atoms with E-state index in [1.807, 2.05) is 0 Å². The highest BCUT2D eigenvalue weighted by Crippen LogP contribution is 2.21. The molecular weight excluding hydrogens is 214 g/mol. The van der Waals surface area contributed by atoms with Crippen LogP contribution in [0.1, 0.15) is 0 Å². The van der Waals surface area contributed by atoms with Crippen LogP contribution in [0.4, 0.5) is 14.5 Å². The molecule has 0 aliphatic rings. The number of aliphatic hydroxyl groups excluding tert-OH is 1. The maximum Gasteiger partial charge on any atom is 0.287 e. The highest BCUT2D eigenvalue weighted by Gasteiger charge is 2.27. The fraction of sp³-hybridized carbons (Fsp3) is 0.375. The summed E-state index contributed by atoms with van der Waals surface area (Å²) in [4.78, 5) is 3.70. The van der Waals surface area contributed by atoms with E-state index < -0.39 is 19.1 Å². The molecule has 0 spiro atoms. The predicted octanol–water partition coefficient (Wildman–Crippen LogP) is 1.77. The van der Waals surface area contributed by atoms with Crippen LogP contribution in [0, 0.1) is 0 Å². The fourth-order valence-electron chi connectivity index (χ4n) is 0.799. The zero-order valence-corrected chi connectivity index (χ0v) is 7.93. The first-order valence-corrected chi connectivity index (χ1v) is 4.25. The van der Waals surface area contributed by atoms with E-state index in [0.29, 0.717) is 5.69 Å². The summed E-state index contributed by atoms with van der Waals surface area (Å²) in [5.41, 5.74) is 0.370. The van der Waals surface area contributed by atoms with Gasteiger partial charge in [0, 0.05) is 12.4 Å². The van der Waals surface area contributed by atoms with Gasteiger partial charge in [-0.2, -0.15) is 0 Å². The molecule has 0 saturated carbocycles. The van der Waals surface area contributed by atoms with Crippen molar-refractivity contribution in [1.82, 2.24) is 4.98 Å². The van der Waals surface area contributed by atoms with Crippen molar-refractivity contribution < 1.29 is 13.9 Å². The average Bonchev–Trinajstić information content (AvgIpc) is 2.17. The largest absolute Gasteiger partial charge is 0.390 e. The van der Waals surface area contributed by atoms with Crippen LogP contribution in [-0.4, -0.2) is 29.2 Å². The van der Waals surface area contributed by atoms with E-state index in [0.717, 1.165) is 0 Å². The molecule has 6 heteroatoms. The van der Waals surface area contributed by atoms with Crippen molar-refractivity contribution >= 4 is 17.3 Å². The molecular formula is C8H9ClF2N2O. The SMILES string of the molecule is OCC(F)(F)CNc1ccncc1Cl. The summed E-state index contributed by atoms with van der Waals surface area (Å²) < 4.78 is 25.2. The number of alkyl halides is 2. The number of rotatable bonds is 4. The van der Waals surface area contributed by atoms with Crippen molar-refractivity contribution in [2.75, 3.05) is 18.5 Å². The van der Waals surface area contributed by atoms with Gasteiger partial charge in [0.1, 0.15) is 6.61 Å². The van der Waals surface area contributed by atoms with Crippen LogP contribution in [0.3, 0.4) is 0 Å². The Morgan fingerprint density at radius 1 is 1.57 bits per heavy atom. The molecule has 0 aliphatic heterocycles. The van der Waals surface area contributed by atoms with Gasteiger partial charge >= 0.3 is 0 Å². The number of nitrogens with zero attached hydrogens (tertiary/aromatic N) is 1. The number of anilines is 1. The van der Waals surface area contributed by atoms with Gasteiger partial charge in [0.15, 0.2) is 0 Å². The second-order valence-electron chi connectivity index (χ2n) is 2.72. The summed E-state index contributed by atoms with van der Waals surface area (Å²) in [5, 5.41) is 11.0.